The van der Waals surface area contributed by atoms with Gasteiger partial charge in [-0.05, 0) is 30.9 Å². The summed E-state index contributed by atoms with van der Waals surface area (Å²) in [7, 11) is 0. The van der Waals surface area contributed by atoms with Crippen molar-refractivity contribution in [3.05, 3.63) is 29.6 Å². The molecule has 5 nitrogen and oxygen atoms in total. The second-order valence-electron chi connectivity index (χ2n) is 6.10. The molecule has 0 fully saturated rings. The molecule has 0 saturated carbocycles. The first-order chi connectivity index (χ1) is 9.12. The number of nitrogens with zero attached hydrogens (tertiary/aromatic N) is 2. The number of aromatic nitrogens is 1. The molecule has 20 heavy (non-hydrogen) atoms. The lowest BCUT2D eigenvalue weighted by Gasteiger charge is -2.25. The Hall–Kier alpha value is -1.91. The highest BCUT2D eigenvalue weighted by molar-refractivity contribution is 5.94. The lowest BCUT2D eigenvalue weighted by atomic mass is 9.88. The van der Waals surface area contributed by atoms with Crippen LogP contribution in [0.15, 0.2) is 18.3 Å². The van der Waals surface area contributed by atoms with Crippen LogP contribution in [0.2, 0.25) is 0 Å². The Morgan fingerprint density at radius 2 is 1.90 bits per heavy atom. The molecule has 0 unspecified atom stereocenters. The minimum absolute atomic E-state index is 0.0343. The molecule has 0 aliphatic carbocycles. The predicted octanol–water partition coefficient (Wildman–Crippen LogP) is 2.31. The lowest BCUT2D eigenvalue weighted by Crippen LogP contribution is -2.41. The highest BCUT2D eigenvalue weighted by Crippen LogP contribution is 2.21. The molecule has 0 spiro atoms. The first kappa shape index (κ1) is 16.1. The van der Waals surface area contributed by atoms with Crippen LogP contribution >= 0.6 is 0 Å². The summed E-state index contributed by atoms with van der Waals surface area (Å²) in [5.41, 5.74) is 1.27. The molecule has 0 bridgehead atoms. The molecule has 0 saturated heterocycles. The first-order valence-electron chi connectivity index (χ1n) is 6.62. The van der Waals surface area contributed by atoms with Crippen LogP contribution in [-0.2, 0) is 10.2 Å². The molecule has 1 amide bonds. The third kappa shape index (κ3) is 4.05. The van der Waals surface area contributed by atoms with Gasteiger partial charge < -0.3 is 10.0 Å². The normalized spacial score (nSPS) is 11.5. The molecule has 0 atom stereocenters. The highest BCUT2D eigenvalue weighted by atomic mass is 16.4. The van der Waals surface area contributed by atoms with Crippen molar-refractivity contribution in [2.24, 2.45) is 0 Å². The van der Waals surface area contributed by atoms with Gasteiger partial charge >= 0.3 is 5.97 Å². The van der Waals surface area contributed by atoms with Crippen molar-refractivity contribution >= 4 is 11.9 Å². The molecule has 0 aliphatic rings. The number of carbonyl (C=O) groups excluding carboxylic acids is 1. The van der Waals surface area contributed by atoms with Crippen LogP contribution in [0.1, 0.15) is 50.7 Å². The van der Waals surface area contributed by atoms with Gasteiger partial charge in [0, 0.05) is 12.2 Å². The number of rotatable bonds is 4. The largest absolute Gasteiger partial charge is 0.480 e. The van der Waals surface area contributed by atoms with Gasteiger partial charge in [0.15, 0.2) is 0 Å². The molecule has 1 heterocycles. The fraction of sp³-hybridized carbons (Fsp3) is 0.533. The maximum absolute atomic E-state index is 12.3. The van der Waals surface area contributed by atoms with Gasteiger partial charge in [0.25, 0.3) is 5.91 Å². The molecule has 1 rings (SSSR count). The number of amides is 1. The zero-order chi connectivity index (χ0) is 15.5. The van der Waals surface area contributed by atoms with E-state index in [1.165, 1.54) is 4.90 Å². The Kier molecular flexibility index (Phi) is 4.87. The van der Waals surface area contributed by atoms with Crippen molar-refractivity contribution in [3.63, 3.8) is 0 Å². The molecule has 110 valence electrons. The van der Waals surface area contributed by atoms with E-state index in [1.807, 2.05) is 6.07 Å². The number of carboxylic acid groups (broad SMARTS) is 1. The average molecular weight is 278 g/mol. The van der Waals surface area contributed by atoms with E-state index in [-0.39, 0.29) is 29.6 Å². The van der Waals surface area contributed by atoms with Gasteiger partial charge in [-0.25, -0.2) is 0 Å². The van der Waals surface area contributed by atoms with Crippen molar-refractivity contribution in [2.45, 2.75) is 46.1 Å². The summed E-state index contributed by atoms with van der Waals surface area (Å²) < 4.78 is 0. The summed E-state index contributed by atoms with van der Waals surface area (Å²) in [6.45, 7) is 9.44. The number of hydrogen-bond acceptors (Lipinski definition) is 3. The minimum atomic E-state index is -1.03. The van der Waals surface area contributed by atoms with Gasteiger partial charge in [0.2, 0.25) is 0 Å². The number of hydrogen-bond donors (Lipinski definition) is 1. The van der Waals surface area contributed by atoms with Gasteiger partial charge in [0.05, 0.1) is 0 Å². The van der Waals surface area contributed by atoms with Crippen molar-refractivity contribution in [1.82, 2.24) is 9.88 Å². The fourth-order valence-electron chi connectivity index (χ4n) is 1.75. The van der Waals surface area contributed by atoms with E-state index in [4.69, 9.17) is 5.11 Å². The summed E-state index contributed by atoms with van der Waals surface area (Å²) in [5.74, 6) is -1.39. The SMILES string of the molecule is CC(C)N(CC(=O)O)C(=O)c1ccc(C(C)(C)C)cn1. The summed E-state index contributed by atoms with van der Waals surface area (Å²) in [4.78, 5) is 28.6. The predicted molar refractivity (Wildman–Crippen MR) is 76.7 cm³/mol. The van der Waals surface area contributed by atoms with Gasteiger partial charge in [-0.1, -0.05) is 26.8 Å². The molecule has 0 aliphatic heterocycles. The van der Waals surface area contributed by atoms with Gasteiger partial charge in [-0.3, -0.25) is 14.6 Å². The van der Waals surface area contributed by atoms with E-state index < -0.39 is 5.97 Å². The number of carbonyl (C=O) groups is 2. The monoisotopic (exact) mass is 278 g/mol. The van der Waals surface area contributed by atoms with Crippen LogP contribution in [0.5, 0.6) is 0 Å². The topological polar surface area (TPSA) is 70.5 Å². The molecule has 0 radical (unpaired) electrons. The maximum Gasteiger partial charge on any atom is 0.323 e. The van der Waals surface area contributed by atoms with E-state index in [1.54, 1.807) is 26.1 Å². The highest BCUT2D eigenvalue weighted by Gasteiger charge is 2.23. The molecule has 1 aromatic heterocycles. The number of pyridine rings is 1. The van der Waals surface area contributed by atoms with Crippen LogP contribution in [-0.4, -0.2) is 39.5 Å². The van der Waals surface area contributed by atoms with Gasteiger partial charge in [-0.2, -0.15) is 0 Å². The quantitative estimate of drug-likeness (QED) is 0.917. The zero-order valence-corrected chi connectivity index (χ0v) is 12.7. The van der Waals surface area contributed by atoms with E-state index in [9.17, 15) is 9.59 Å². The van der Waals surface area contributed by atoms with Crippen molar-refractivity contribution in [3.8, 4) is 0 Å². The van der Waals surface area contributed by atoms with E-state index >= 15 is 0 Å². The van der Waals surface area contributed by atoms with Crippen molar-refractivity contribution in [2.75, 3.05) is 6.54 Å². The Morgan fingerprint density at radius 1 is 1.30 bits per heavy atom. The minimum Gasteiger partial charge on any atom is -0.480 e. The number of carboxylic acids is 1. The van der Waals surface area contributed by atoms with Crippen LogP contribution in [0.25, 0.3) is 0 Å². The van der Waals surface area contributed by atoms with Crippen LogP contribution in [0.4, 0.5) is 0 Å². The van der Waals surface area contributed by atoms with Gasteiger partial charge in [-0.15, -0.1) is 0 Å². The maximum atomic E-state index is 12.3. The van der Waals surface area contributed by atoms with Crippen molar-refractivity contribution < 1.29 is 14.7 Å². The first-order valence-corrected chi connectivity index (χ1v) is 6.62. The Bertz CT molecular complexity index is 487. The van der Waals surface area contributed by atoms with Crippen molar-refractivity contribution in [1.29, 1.82) is 0 Å². The lowest BCUT2D eigenvalue weighted by molar-refractivity contribution is -0.138. The van der Waals surface area contributed by atoms with Crippen LogP contribution < -0.4 is 0 Å². The third-order valence-electron chi connectivity index (χ3n) is 3.04. The van der Waals surface area contributed by atoms with E-state index in [0.717, 1.165) is 5.56 Å². The molecule has 1 N–H and O–H groups in total. The smallest absolute Gasteiger partial charge is 0.323 e. The van der Waals surface area contributed by atoms with E-state index in [0.29, 0.717) is 0 Å². The Morgan fingerprint density at radius 3 is 2.25 bits per heavy atom. The Balaban J connectivity index is 2.98. The second kappa shape index (κ2) is 6.03. The standard InChI is InChI=1S/C15H22N2O3/c1-10(2)17(9-13(18)19)14(20)12-7-6-11(8-16-12)15(3,4)5/h6-8,10H,9H2,1-5H3,(H,18,19). The fourth-order valence-corrected chi connectivity index (χ4v) is 1.75. The Labute approximate surface area is 119 Å². The molecular weight excluding hydrogens is 256 g/mol. The summed E-state index contributed by atoms with van der Waals surface area (Å²) in [6.07, 6.45) is 1.67. The second-order valence-corrected chi connectivity index (χ2v) is 6.10. The molecule has 0 aromatic carbocycles. The number of aliphatic carboxylic acids is 1. The average Bonchev–Trinajstić information content (AvgIpc) is 2.33. The molecule has 5 heteroatoms. The zero-order valence-electron chi connectivity index (χ0n) is 12.7. The van der Waals surface area contributed by atoms with Gasteiger partial charge in [0.1, 0.15) is 12.2 Å². The van der Waals surface area contributed by atoms with Crippen LogP contribution in [0, 0.1) is 0 Å². The summed E-state index contributed by atoms with van der Waals surface area (Å²) in [6, 6.07) is 3.32. The summed E-state index contributed by atoms with van der Waals surface area (Å²) in [5, 5.41) is 8.87. The van der Waals surface area contributed by atoms with Crippen LogP contribution in [0.3, 0.4) is 0 Å². The molecular formula is C15H22N2O3. The molecule has 1 aromatic rings. The third-order valence-corrected chi connectivity index (χ3v) is 3.04. The summed E-state index contributed by atoms with van der Waals surface area (Å²) >= 11 is 0. The van der Waals surface area contributed by atoms with E-state index in [2.05, 4.69) is 25.8 Å².